The Hall–Kier alpha value is -1.72. The first-order valence-electron chi connectivity index (χ1n) is 6.82. The topological polar surface area (TPSA) is 54.0 Å². The molecular formula is C15H17N3OS. The van der Waals surface area contributed by atoms with Gasteiger partial charge in [0, 0.05) is 22.8 Å². The van der Waals surface area contributed by atoms with Gasteiger partial charge >= 0.3 is 0 Å². The Balaban J connectivity index is 1.56. The molecule has 1 aromatic carbocycles. The number of aromatic nitrogens is 1. The van der Waals surface area contributed by atoms with Crippen molar-refractivity contribution in [1.82, 2.24) is 10.3 Å². The van der Waals surface area contributed by atoms with Gasteiger partial charge in [0.25, 0.3) is 0 Å². The van der Waals surface area contributed by atoms with Crippen LogP contribution in [0.1, 0.15) is 12.8 Å². The zero-order valence-corrected chi connectivity index (χ0v) is 12.0. The number of rotatable bonds is 6. The zero-order chi connectivity index (χ0) is 13.8. The lowest BCUT2D eigenvalue weighted by Gasteiger charge is -2.07. The molecule has 20 heavy (non-hydrogen) atoms. The summed E-state index contributed by atoms with van der Waals surface area (Å²) in [5.41, 5.74) is 1.85. The number of benzene rings is 1. The molecule has 1 aromatic heterocycles. The van der Waals surface area contributed by atoms with Crippen LogP contribution in [0, 0.1) is 5.92 Å². The molecule has 0 atom stereocenters. The van der Waals surface area contributed by atoms with E-state index in [1.807, 2.05) is 29.6 Å². The lowest BCUT2D eigenvalue weighted by atomic mass is 10.2. The fourth-order valence-electron chi connectivity index (χ4n) is 2.01. The molecule has 1 amide bonds. The van der Waals surface area contributed by atoms with Crippen LogP contribution in [-0.2, 0) is 4.79 Å². The van der Waals surface area contributed by atoms with E-state index >= 15 is 0 Å². The van der Waals surface area contributed by atoms with E-state index in [2.05, 4.69) is 15.6 Å². The summed E-state index contributed by atoms with van der Waals surface area (Å²) in [6.07, 6.45) is 4.38. The molecule has 1 heterocycles. The monoisotopic (exact) mass is 287 g/mol. The van der Waals surface area contributed by atoms with Crippen LogP contribution < -0.4 is 10.6 Å². The van der Waals surface area contributed by atoms with E-state index in [0.29, 0.717) is 6.54 Å². The minimum atomic E-state index is 0.00180. The van der Waals surface area contributed by atoms with Gasteiger partial charge in [0.15, 0.2) is 0 Å². The second-order valence-corrected chi connectivity index (χ2v) is 5.94. The first-order chi connectivity index (χ1) is 9.81. The van der Waals surface area contributed by atoms with E-state index in [9.17, 15) is 4.79 Å². The zero-order valence-electron chi connectivity index (χ0n) is 11.1. The van der Waals surface area contributed by atoms with Crippen LogP contribution in [-0.4, -0.2) is 24.0 Å². The van der Waals surface area contributed by atoms with Crippen LogP contribution in [0.2, 0.25) is 0 Å². The van der Waals surface area contributed by atoms with Crippen molar-refractivity contribution in [3.8, 4) is 10.6 Å². The minimum Gasteiger partial charge on any atom is -0.325 e. The molecule has 1 aliphatic rings. The molecule has 0 spiro atoms. The molecule has 2 aromatic rings. The van der Waals surface area contributed by atoms with E-state index < -0.39 is 0 Å². The van der Waals surface area contributed by atoms with Gasteiger partial charge in [-0.2, -0.15) is 0 Å². The van der Waals surface area contributed by atoms with Crippen LogP contribution in [0.4, 0.5) is 5.69 Å². The average molecular weight is 287 g/mol. The molecule has 2 N–H and O–H groups in total. The molecule has 0 bridgehead atoms. The molecule has 3 rings (SSSR count). The second-order valence-electron chi connectivity index (χ2n) is 5.04. The van der Waals surface area contributed by atoms with Crippen molar-refractivity contribution in [2.24, 2.45) is 5.92 Å². The van der Waals surface area contributed by atoms with Gasteiger partial charge in [-0.05, 0) is 37.4 Å². The third-order valence-corrected chi connectivity index (χ3v) is 4.06. The third kappa shape index (κ3) is 3.65. The molecule has 1 fully saturated rings. The summed E-state index contributed by atoms with van der Waals surface area (Å²) in [5.74, 6) is 0.790. The number of hydrogen-bond donors (Lipinski definition) is 2. The maximum absolute atomic E-state index is 11.8. The van der Waals surface area contributed by atoms with Crippen molar-refractivity contribution < 1.29 is 4.79 Å². The van der Waals surface area contributed by atoms with E-state index in [4.69, 9.17) is 0 Å². The van der Waals surface area contributed by atoms with Gasteiger partial charge in [0.05, 0.1) is 6.54 Å². The van der Waals surface area contributed by atoms with Gasteiger partial charge in [-0.3, -0.25) is 4.79 Å². The highest BCUT2D eigenvalue weighted by Crippen LogP contribution is 2.27. The molecule has 0 aliphatic heterocycles. The molecule has 104 valence electrons. The predicted octanol–water partition coefficient (Wildman–Crippen LogP) is 2.75. The Labute approximate surface area is 122 Å². The van der Waals surface area contributed by atoms with Crippen molar-refractivity contribution in [3.63, 3.8) is 0 Å². The lowest BCUT2D eigenvalue weighted by molar-refractivity contribution is -0.115. The molecular weight excluding hydrogens is 270 g/mol. The van der Waals surface area contributed by atoms with Crippen LogP contribution in [0.5, 0.6) is 0 Å². The van der Waals surface area contributed by atoms with E-state index in [1.165, 1.54) is 12.8 Å². The SMILES string of the molecule is O=C(CNCC1CC1)Nc1cccc(-c2nccs2)c1. The predicted molar refractivity (Wildman–Crippen MR) is 81.8 cm³/mol. The fraction of sp³-hybridized carbons (Fsp3) is 0.333. The number of hydrogen-bond acceptors (Lipinski definition) is 4. The highest BCUT2D eigenvalue weighted by molar-refractivity contribution is 7.13. The molecule has 5 heteroatoms. The lowest BCUT2D eigenvalue weighted by Crippen LogP contribution is -2.29. The van der Waals surface area contributed by atoms with Crippen molar-refractivity contribution in [2.75, 3.05) is 18.4 Å². The number of carbonyl (C=O) groups is 1. The quantitative estimate of drug-likeness (QED) is 0.859. The molecule has 0 radical (unpaired) electrons. The molecule has 0 unspecified atom stereocenters. The second kappa shape index (κ2) is 6.15. The summed E-state index contributed by atoms with van der Waals surface area (Å²) >= 11 is 1.59. The van der Waals surface area contributed by atoms with Gasteiger partial charge in [0.2, 0.25) is 5.91 Å². The van der Waals surface area contributed by atoms with Gasteiger partial charge in [-0.25, -0.2) is 4.98 Å². The minimum absolute atomic E-state index is 0.00180. The summed E-state index contributed by atoms with van der Waals surface area (Å²) in [6.45, 7) is 1.32. The normalized spacial score (nSPS) is 14.2. The Morgan fingerprint density at radius 1 is 1.40 bits per heavy atom. The fourth-order valence-corrected chi connectivity index (χ4v) is 2.65. The van der Waals surface area contributed by atoms with Crippen molar-refractivity contribution in [3.05, 3.63) is 35.8 Å². The first-order valence-corrected chi connectivity index (χ1v) is 7.70. The van der Waals surface area contributed by atoms with Crippen LogP contribution in [0.15, 0.2) is 35.8 Å². The van der Waals surface area contributed by atoms with Crippen molar-refractivity contribution >= 4 is 22.9 Å². The average Bonchev–Trinajstić information content (AvgIpc) is 3.10. The molecule has 0 saturated heterocycles. The summed E-state index contributed by atoms with van der Waals surface area (Å²) in [4.78, 5) is 16.1. The summed E-state index contributed by atoms with van der Waals surface area (Å²) in [6, 6.07) is 7.79. The highest BCUT2D eigenvalue weighted by Gasteiger charge is 2.20. The Bertz CT molecular complexity index is 579. The van der Waals surface area contributed by atoms with E-state index in [-0.39, 0.29) is 5.91 Å². The van der Waals surface area contributed by atoms with Crippen molar-refractivity contribution in [2.45, 2.75) is 12.8 Å². The maximum atomic E-state index is 11.8. The summed E-state index contributed by atoms with van der Waals surface area (Å²) in [7, 11) is 0. The van der Waals surface area contributed by atoms with E-state index in [1.54, 1.807) is 17.5 Å². The van der Waals surface area contributed by atoms with Gasteiger partial charge in [0.1, 0.15) is 5.01 Å². The van der Waals surface area contributed by atoms with E-state index in [0.717, 1.165) is 28.7 Å². The molecule has 1 saturated carbocycles. The number of nitrogens with zero attached hydrogens (tertiary/aromatic N) is 1. The molecule has 1 aliphatic carbocycles. The standard InChI is InChI=1S/C15H17N3OS/c19-14(10-16-9-11-4-5-11)18-13-3-1-2-12(8-13)15-17-6-7-20-15/h1-3,6-8,11,16H,4-5,9-10H2,(H,18,19). The largest absolute Gasteiger partial charge is 0.325 e. The van der Waals surface area contributed by atoms with Gasteiger partial charge in [-0.15, -0.1) is 11.3 Å². The smallest absolute Gasteiger partial charge is 0.238 e. The van der Waals surface area contributed by atoms with Crippen LogP contribution in [0.3, 0.4) is 0 Å². The van der Waals surface area contributed by atoms with Gasteiger partial charge < -0.3 is 10.6 Å². The summed E-state index contributed by atoms with van der Waals surface area (Å²) < 4.78 is 0. The molecule has 4 nitrogen and oxygen atoms in total. The Morgan fingerprint density at radius 2 is 2.30 bits per heavy atom. The van der Waals surface area contributed by atoms with Crippen LogP contribution in [0.25, 0.3) is 10.6 Å². The number of anilines is 1. The number of amides is 1. The number of thiazole rings is 1. The highest BCUT2D eigenvalue weighted by atomic mass is 32.1. The first kappa shape index (κ1) is 13.3. The number of nitrogens with one attached hydrogen (secondary N) is 2. The maximum Gasteiger partial charge on any atom is 0.238 e. The van der Waals surface area contributed by atoms with Crippen molar-refractivity contribution in [1.29, 1.82) is 0 Å². The Morgan fingerprint density at radius 3 is 3.05 bits per heavy atom. The third-order valence-electron chi connectivity index (χ3n) is 3.24. The Kier molecular flexibility index (Phi) is 4.08. The van der Waals surface area contributed by atoms with Gasteiger partial charge in [-0.1, -0.05) is 12.1 Å². The van der Waals surface area contributed by atoms with Crippen LogP contribution >= 0.6 is 11.3 Å². The number of carbonyl (C=O) groups excluding carboxylic acids is 1. The summed E-state index contributed by atoms with van der Waals surface area (Å²) in [5, 5.41) is 9.01.